The minimum atomic E-state index is -0.163. The Kier molecular flexibility index (Phi) is 5.38. The van der Waals surface area contributed by atoms with Crippen LogP contribution in [-0.4, -0.2) is 44.7 Å². The van der Waals surface area contributed by atoms with Gasteiger partial charge < -0.3 is 14.2 Å². The minimum Gasteiger partial charge on any atom is -0.381 e. The summed E-state index contributed by atoms with van der Waals surface area (Å²) in [6.07, 6.45) is 3.97. The Bertz CT molecular complexity index is 233. The van der Waals surface area contributed by atoms with Gasteiger partial charge in [-0.05, 0) is 25.7 Å². The number of nitrogens with one attached hydrogen (secondary N) is 1. The predicted octanol–water partition coefficient (Wildman–Crippen LogP) is 0.831. The van der Waals surface area contributed by atoms with E-state index in [2.05, 4.69) is 12.3 Å². The molecule has 18 heavy (non-hydrogen) atoms. The number of nitrogens with two attached hydrogens (primary N) is 1. The molecule has 2 fully saturated rings. The molecule has 0 aromatic rings. The van der Waals surface area contributed by atoms with Crippen LogP contribution in [-0.2, 0) is 14.2 Å². The number of hydrogen-bond acceptors (Lipinski definition) is 5. The van der Waals surface area contributed by atoms with E-state index in [-0.39, 0.29) is 11.6 Å². The normalized spacial score (nSPS) is 27.0. The largest absolute Gasteiger partial charge is 0.381 e. The first kappa shape index (κ1) is 14.2. The number of ether oxygens (including phenoxy) is 3. The van der Waals surface area contributed by atoms with Crippen LogP contribution in [0.15, 0.2) is 0 Å². The standard InChI is InChI=1S/C13H26N2O3/c1-2-18-13(5-9-17-10-6-13)12(15-14)11-3-7-16-8-4-11/h11-12,15H,2-10,14H2,1H3. The summed E-state index contributed by atoms with van der Waals surface area (Å²) in [7, 11) is 0. The van der Waals surface area contributed by atoms with Crippen molar-refractivity contribution in [3.63, 3.8) is 0 Å². The Hall–Kier alpha value is -0.200. The maximum Gasteiger partial charge on any atom is 0.0894 e. The highest BCUT2D eigenvalue weighted by atomic mass is 16.5. The van der Waals surface area contributed by atoms with Crippen molar-refractivity contribution >= 4 is 0 Å². The zero-order valence-electron chi connectivity index (χ0n) is 11.3. The number of hydrogen-bond donors (Lipinski definition) is 2. The summed E-state index contributed by atoms with van der Waals surface area (Å²) in [4.78, 5) is 0. The number of rotatable bonds is 5. The minimum absolute atomic E-state index is 0.163. The molecule has 5 heteroatoms. The molecule has 106 valence electrons. The lowest BCUT2D eigenvalue weighted by Crippen LogP contribution is -2.61. The van der Waals surface area contributed by atoms with Gasteiger partial charge in [0.15, 0.2) is 0 Å². The number of hydrazine groups is 1. The molecule has 2 heterocycles. The van der Waals surface area contributed by atoms with Crippen LogP contribution in [0.4, 0.5) is 0 Å². The molecule has 2 rings (SSSR count). The summed E-state index contributed by atoms with van der Waals surface area (Å²) in [5.74, 6) is 6.37. The molecule has 5 nitrogen and oxygen atoms in total. The maximum absolute atomic E-state index is 6.11. The summed E-state index contributed by atoms with van der Waals surface area (Å²) < 4.78 is 17.0. The fourth-order valence-corrected chi connectivity index (χ4v) is 3.32. The van der Waals surface area contributed by atoms with Crippen molar-refractivity contribution in [2.75, 3.05) is 33.0 Å². The molecular formula is C13H26N2O3. The Morgan fingerprint density at radius 3 is 2.39 bits per heavy atom. The van der Waals surface area contributed by atoms with E-state index in [0.717, 1.165) is 58.7 Å². The molecule has 0 radical (unpaired) electrons. The van der Waals surface area contributed by atoms with Crippen molar-refractivity contribution in [1.82, 2.24) is 5.43 Å². The van der Waals surface area contributed by atoms with Crippen molar-refractivity contribution in [3.05, 3.63) is 0 Å². The third-order valence-corrected chi connectivity index (χ3v) is 4.25. The lowest BCUT2D eigenvalue weighted by Gasteiger charge is -2.46. The third kappa shape index (κ3) is 3.03. The molecule has 2 aliphatic rings. The average molecular weight is 258 g/mol. The van der Waals surface area contributed by atoms with E-state index in [1.165, 1.54) is 0 Å². The van der Waals surface area contributed by atoms with E-state index < -0.39 is 0 Å². The molecular weight excluding hydrogens is 232 g/mol. The predicted molar refractivity (Wildman–Crippen MR) is 69.1 cm³/mol. The molecule has 1 atom stereocenters. The Labute approximate surface area is 109 Å². The fraction of sp³-hybridized carbons (Fsp3) is 1.00. The van der Waals surface area contributed by atoms with Crippen molar-refractivity contribution in [2.45, 2.75) is 44.2 Å². The van der Waals surface area contributed by atoms with Crippen molar-refractivity contribution in [1.29, 1.82) is 0 Å². The van der Waals surface area contributed by atoms with Crippen LogP contribution < -0.4 is 11.3 Å². The van der Waals surface area contributed by atoms with E-state index >= 15 is 0 Å². The Morgan fingerprint density at radius 1 is 1.22 bits per heavy atom. The van der Waals surface area contributed by atoms with Gasteiger partial charge in [0.25, 0.3) is 0 Å². The summed E-state index contributed by atoms with van der Waals surface area (Å²) in [6, 6.07) is 0.199. The van der Waals surface area contributed by atoms with E-state index in [0.29, 0.717) is 5.92 Å². The molecule has 0 spiro atoms. The molecule has 0 aromatic heterocycles. The van der Waals surface area contributed by atoms with Gasteiger partial charge in [0.05, 0.1) is 11.6 Å². The smallest absolute Gasteiger partial charge is 0.0894 e. The zero-order valence-corrected chi connectivity index (χ0v) is 11.3. The molecule has 3 N–H and O–H groups in total. The fourth-order valence-electron chi connectivity index (χ4n) is 3.32. The maximum atomic E-state index is 6.11. The van der Waals surface area contributed by atoms with Crippen molar-refractivity contribution in [3.8, 4) is 0 Å². The summed E-state index contributed by atoms with van der Waals surface area (Å²) in [6.45, 7) is 5.97. The van der Waals surface area contributed by atoms with E-state index in [9.17, 15) is 0 Å². The van der Waals surface area contributed by atoms with Crippen molar-refractivity contribution < 1.29 is 14.2 Å². The van der Waals surface area contributed by atoms with Gasteiger partial charge in [-0.15, -0.1) is 0 Å². The van der Waals surface area contributed by atoms with Gasteiger partial charge in [-0.2, -0.15) is 0 Å². The molecule has 1 unspecified atom stereocenters. The summed E-state index contributed by atoms with van der Waals surface area (Å²) >= 11 is 0. The second kappa shape index (κ2) is 6.82. The Morgan fingerprint density at radius 2 is 1.83 bits per heavy atom. The van der Waals surface area contributed by atoms with Crippen LogP contribution in [0.2, 0.25) is 0 Å². The van der Waals surface area contributed by atoms with Gasteiger partial charge in [0.1, 0.15) is 0 Å². The second-order valence-electron chi connectivity index (χ2n) is 5.20. The Balaban J connectivity index is 2.09. The van der Waals surface area contributed by atoms with Crippen LogP contribution in [0, 0.1) is 5.92 Å². The first-order valence-electron chi connectivity index (χ1n) is 7.08. The average Bonchev–Trinajstić information content (AvgIpc) is 2.42. The lowest BCUT2D eigenvalue weighted by molar-refractivity contribution is -0.142. The second-order valence-corrected chi connectivity index (χ2v) is 5.20. The topological polar surface area (TPSA) is 65.7 Å². The highest BCUT2D eigenvalue weighted by molar-refractivity contribution is 4.98. The zero-order chi connectivity index (χ0) is 12.8. The van der Waals surface area contributed by atoms with Gasteiger partial charge in [0, 0.05) is 45.9 Å². The van der Waals surface area contributed by atoms with Gasteiger partial charge in [-0.3, -0.25) is 11.3 Å². The molecule has 0 amide bonds. The summed E-state index contributed by atoms with van der Waals surface area (Å²) in [5, 5.41) is 0. The molecule has 2 aliphatic heterocycles. The first-order chi connectivity index (χ1) is 8.82. The van der Waals surface area contributed by atoms with Gasteiger partial charge in [-0.1, -0.05) is 0 Å². The molecule has 0 aliphatic carbocycles. The third-order valence-electron chi connectivity index (χ3n) is 4.25. The SMILES string of the molecule is CCOC1(C(NN)C2CCOCC2)CCOCC1. The molecule has 0 aromatic carbocycles. The van der Waals surface area contributed by atoms with Gasteiger partial charge in [0.2, 0.25) is 0 Å². The van der Waals surface area contributed by atoms with E-state index in [1.54, 1.807) is 0 Å². The molecule has 2 saturated heterocycles. The quantitative estimate of drug-likeness (QED) is 0.565. The molecule has 0 bridgehead atoms. The first-order valence-corrected chi connectivity index (χ1v) is 7.08. The van der Waals surface area contributed by atoms with E-state index in [1.807, 2.05) is 0 Å². The molecule has 0 saturated carbocycles. The monoisotopic (exact) mass is 258 g/mol. The summed E-state index contributed by atoms with van der Waals surface area (Å²) in [5.41, 5.74) is 2.87. The van der Waals surface area contributed by atoms with Gasteiger partial charge >= 0.3 is 0 Å². The van der Waals surface area contributed by atoms with E-state index in [4.69, 9.17) is 20.1 Å². The highest BCUT2D eigenvalue weighted by Crippen LogP contribution is 2.35. The van der Waals surface area contributed by atoms with Crippen LogP contribution in [0.5, 0.6) is 0 Å². The van der Waals surface area contributed by atoms with Crippen LogP contribution in [0.3, 0.4) is 0 Å². The van der Waals surface area contributed by atoms with Crippen LogP contribution in [0.1, 0.15) is 32.6 Å². The van der Waals surface area contributed by atoms with Crippen LogP contribution >= 0.6 is 0 Å². The van der Waals surface area contributed by atoms with Crippen LogP contribution in [0.25, 0.3) is 0 Å². The lowest BCUT2D eigenvalue weighted by atomic mass is 9.76. The van der Waals surface area contributed by atoms with Crippen molar-refractivity contribution in [2.24, 2.45) is 11.8 Å². The van der Waals surface area contributed by atoms with Gasteiger partial charge in [-0.25, -0.2) is 0 Å². The highest BCUT2D eigenvalue weighted by Gasteiger charge is 2.44.